The number of hydrogen-bond donors (Lipinski definition) is 0. The minimum atomic E-state index is -0.472. The number of ether oxygens (including phenoxy) is 8. The van der Waals surface area contributed by atoms with Crippen LogP contribution in [0.15, 0.2) is 48.5 Å². The van der Waals surface area contributed by atoms with Gasteiger partial charge in [0.15, 0.2) is 0 Å². The van der Waals surface area contributed by atoms with Gasteiger partial charge in [0.2, 0.25) is 0 Å². The van der Waals surface area contributed by atoms with Crippen LogP contribution in [0.25, 0.3) is 0 Å². The Balaban J connectivity index is 0.000000161. The predicted octanol–water partition coefficient (Wildman–Crippen LogP) is 1.60. The Morgan fingerprint density at radius 3 is 1.05 bits per heavy atom. The first-order valence-electron chi connectivity index (χ1n) is 12.8. The third kappa shape index (κ3) is 9.12. The van der Waals surface area contributed by atoms with Crippen LogP contribution in [-0.2, 0) is 37.9 Å². The number of epoxide rings is 4. The van der Waals surface area contributed by atoms with Crippen LogP contribution < -0.4 is 0 Å². The molecule has 0 aliphatic carbocycles. The molecule has 40 heavy (non-hydrogen) atoms. The van der Waals surface area contributed by atoms with Crippen molar-refractivity contribution >= 4 is 23.9 Å². The molecule has 0 radical (unpaired) electrons. The van der Waals surface area contributed by atoms with E-state index in [1.54, 1.807) is 42.5 Å². The molecule has 12 nitrogen and oxygen atoms in total. The van der Waals surface area contributed by atoms with E-state index >= 15 is 0 Å². The average Bonchev–Trinajstić information content (AvgIpc) is 3.80. The van der Waals surface area contributed by atoms with Crippen LogP contribution in [0.5, 0.6) is 0 Å². The van der Waals surface area contributed by atoms with Gasteiger partial charge >= 0.3 is 23.9 Å². The van der Waals surface area contributed by atoms with Gasteiger partial charge in [-0.2, -0.15) is 0 Å². The summed E-state index contributed by atoms with van der Waals surface area (Å²) in [5.41, 5.74) is 1.44. The van der Waals surface area contributed by atoms with E-state index in [2.05, 4.69) is 0 Å². The van der Waals surface area contributed by atoms with E-state index in [9.17, 15) is 19.2 Å². The molecule has 4 atom stereocenters. The van der Waals surface area contributed by atoms with E-state index < -0.39 is 23.9 Å². The summed E-state index contributed by atoms with van der Waals surface area (Å²) in [4.78, 5) is 46.9. The Kier molecular flexibility index (Phi) is 9.01. The monoisotopic (exact) mass is 556 g/mol. The van der Waals surface area contributed by atoms with E-state index in [0.717, 1.165) is 0 Å². The molecule has 4 heterocycles. The lowest BCUT2D eigenvalue weighted by Crippen LogP contribution is -2.13. The van der Waals surface area contributed by atoms with Gasteiger partial charge in [0, 0.05) is 0 Å². The fraction of sp³-hybridized carbons (Fsp3) is 0.429. The first-order chi connectivity index (χ1) is 19.4. The summed E-state index contributed by atoms with van der Waals surface area (Å²) in [6, 6.07) is 12.4. The summed E-state index contributed by atoms with van der Waals surface area (Å²) >= 11 is 0. The molecule has 0 N–H and O–H groups in total. The van der Waals surface area contributed by atoms with Gasteiger partial charge in [-0.15, -0.1) is 0 Å². The lowest BCUT2D eigenvalue weighted by molar-refractivity contribution is 0.0463. The van der Waals surface area contributed by atoms with Crippen molar-refractivity contribution in [2.75, 3.05) is 52.9 Å². The summed E-state index contributed by atoms with van der Waals surface area (Å²) in [7, 11) is 0. The molecule has 2 aromatic carbocycles. The van der Waals surface area contributed by atoms with E-state index in [0.29, 0.717) is 48.7 Å². The summed E-state index contributed by atoms with van der Waals surface area (Å²) in [6.45, 7) is 3.56. The zero-order valence-electron chi connectivity index (χ0n) is 21.5. The van der Waals surface area contributed by atoms with Crippen LogP contribution in [-0.4, -0.2) is 101 Å². The van der Waals surface area contributed by atoms with Gasteiger partial charge in [-0.3, -0.25) is 0 Å². The third-order valence-electron chi connectivity index (χ3n) is 5.90. The Morgan fingerprint density at radius 1 is 0.500 bits per heavy atom. The molecule has 0 amide bonds. The van der Waals surface area contributed by atoms with E-state index in [1.807, 2.05) is 0 Å². The Hall–Kier alpha value is -3.84. The first-order valence-corrected chi connectivity index (χ1v) is 12.8. The molecule has 0 spiro atoms. The van der Waals surface area contributed by atoms with Crippen LogP contribution >= 0.6 is 0 Å². The molecule has 4 aliphatic heterocycles. The van der Waals surface area contributed by atoms with Crippen molar-refractivity contribution in [3.63, 3.8) is 0 Å². The molecular weight excluding hydrogens is 528 g/mol. The van der Waals surface area contributed by atoms with Gasteiger partial charge in [-0.05, 0) is 42.5 Å². The third-order valence-corrected chi connectivity index (χ3v) is 5.90. The number of benzene rings is 2. The maximum Gasteiger partial charge on any atom is 0.338 e. The normalized spacial score (nSPS) is 23.0. The summed E-state index contributed by atoms with van der Waals surface area (Å²) in [6.07, 6.45) is 0.118. The second-order valence-electron chi connectivity index (χ2n) is 9.37. The second-order valence-corrected chi connectivity index (χ2v) is 9.37. The zero-order valence-corrected chi connectivity index (χ0v) is 21.5. The molecule has 4 aliphatic rings. The van der Waals surface area contributed by atoms with Crippen molar-refractivity contribution in [2.45, 2.75) is 24.4 Å². The molecular formula is C28H28O12. The predicted molar refractivity (Wildman–Crippen MR) is 133 cm³/mol. The standard InChI is InChI=1S/2C14H14O6/c15-13(19-7-11-5-17-11)9-1-2-10(4-3-9)14(16)20-8-12-6-18-12;15-13(19-7-11-5-17-11)9-2-1-3-10(4-9)14(16)20-8-12-6-18-12/h2*1-4,11-12H,5-8H2. The molecule has 212 valence electrons. The highest BCUT2D eigenvalue weighted by atomic mass is 16.6. The summed E-state index contributed by atoms with van der Waals surface area (Å²) in [5.74, 6) is -1.79. The molecule has 0 aromatic heterocycles. The highest BCUT2D eigenvalue weighted by molar-refractivity contribution is 5.95. The molecule has 4 unspecified atom stereocenters. The van der Waals surface area contributed by atoms with Crippen molar-refractivity contribution in [3.05, 3.63) is 70.8 Å². The molecule has 0 bridgehead atoms. The Bertz CT molecular complexity index is 1120. The number of carbonyl (C=O) groups excluding carboxylic acids is 4. The minimum Gasteiger partial charge on any atom is -0.459 e. The van der Waals surface area contributed by atoms with Gasteiger partial charge in [0.1, 0.15) is 50.8 Å². The largest absolute Gasteiger partial charge is 0.459 e. The first kappa shape index (κ1) is 27.7. The van der Waals surface area contributed by atoms with Crippen LogP contribution in [0, 0.1) is 0 Å². The van der Waals surface area contributed by atoms with Crippen molar-refractivity contribution in [1.82, 2.24) is 0 Å². The van der Waals surface area contributed by atoms with E-state index in [4.69, 9.17) is 37.9 Å². The number of rotatable bonds is 12. The quantitative estimate of drug-likeness (QED) is 0.212. The number of esters is 4. The fourth-order valence-electron chi connectivity index (χ4n) is 3.18. The lowest BCUT2D eigenvalue weighted by Gasteiger charge is -2.06. The smallest absolute Gasteiger partial charge is 0.338 e. The minimum absolute atomic E-state index is 0.0191. The maximum atomic E-state index is 11.8. The van der Waals surface area contributed by atoms with Crippen LogP contribution in [0.2, 0.25) is 0 Å². The zero-order chi connectivity index (χ0) is 27.9. The molecule has 6 rings (SSSR count). The fourth-order valence-corrected chi connectivity index (χ4v) is 3.18. The molecule has 4 fully saturated rings. The number of hydrogen-bond acceptors (Lipinski definition) is 12. The molecule has 4 saturated heterocycles. The molecule has 0 saturated carbocycles. The molecule has 12 heteroatoms. The van der Waals surface area contributed by atoms with Gasteiger partial charge in [-0.1, -0.05) is 6.07 Å². The van der Waals surface area contributed by atoms with Gasteiger partial charge in [0.25, 0.3) is 0 Å². The van der Waals surface area contributed by atoms with Crippen molar-refractivity contribution in [3.8, 4) is 0 Å². The summed E-state index contributed by atoms with van der Waals surface area (Å²) in [5, 5.41) is 0. The highest BCUT2D eigenvalue weighted by Crippen LogP contribution is 2.15. The van der Waals surface area contributed by atoms with Gasteiger partial charge < -0.3 is 37.9 Å². The Morgan fingerprint density at radius 2 is 0.775 bits per heavy atom. The lowest BCUT2D eigenvalue weighted by atomic mass is 10.1. The molecule has 2 aromatic rings. The summed E-state index contributed by atoms with van der Waals surface area (Å²) < 4.78 is 40.0. The van der Waals surface area contributed by atoms with Crippen LogP contribution in [0.3, 0.4) is 0 Å². The van der Waals surface area contributed by atoms with Gasteiger partial charge in [0.05, 0.1) is 48.7 Å². The van der Waals surface area contributed by atoms with Gasteiger partial charge in [-0.25, -0.2) is 19.2 Å². The van der Waals surface area contributed by atoms with Crippen molar-refractivity contribution in [1.29, 1.82) is 0 Å². The maximum absolute atomic E-state index is 11.8. The highest BCUT2D eigenvalue weighted by Gasteiger charge is 2.27. The van der Waals surface area contributed by atoms with Crippen LogP contribution in [0.4, 0.5) is 0 Å². The van der Waals surface area contributed by atoms with E-state index in [-0.39, 0.29) is 50.8 Å². The van der Waals surface area contributed by atoms with Crippen molar-refractivity contribution < 1.29 is 57.1 Å². The number of carbonyl (C=O) groups is 4. The SMILES string of the molecule is O=C(OCC1CO1)c1ccc(C(=O)OCC2CO2)cc1.O=C(OCC1CO1)c1cccc(C(=O)OCC2CO2)c1. The van der Waals surface area contributed by atoms with E-state index in [1.165, 1.54) is 6.07 Å². The second kappa shape index (κ2) is 13.0. The van der Waals surface area contributed by atoms with Crippen molar-refractivity contribution in [2.24, 2.45) is 0 Å². The Labute approximate surface area is 229 Å². The topological polar surface area (TPSA) is 155 Å². The average molecular weight is 557 g/mol. The van der Waals surface area contributed by atoms with Crippen LogP contribution in [0.1, 0.15) is 41.4 Å².